The van der Waals surface area contributed by atoms with Crippen molar-refractivity contribution in [1.82, 2.24) is 5.32 Å². The number of carbonyl (C=O) groups is 1. The lowest BCUT2D eigenvalue weighted by atomic mass is 10.1. The Balaban J connectivity index is 1.97. The molecule has 2 aromatic rings. The zero-order valence-corrected chi connectivity index (χ0v) is 11.7. The largest absolute Gasteiger partial charge is 0.352 e. The minimum atomic E-state index is -0.188. The van der Waals surface area contributed by atoms with E-state index in [-0.39, 0.29) is 5.91 Å². The fraction of sp³-hybridized carbons (Fsp3) is 0.154. The van der Waals surface area contributed by atoms with Crippen molar-refractivity contribution in [3.8, 4) is 0 Å². The van der Waals surface area contributed by atoms with Gasteiger partial charge in [0, 0.05) is 16.4 Å². The van der Waals surface area contributed by atoms with E-state index in [1.807, 2.05) is 17.5 Å². The molecule has 0 saturated heterocycles. The van der Waals surface area contributed by atoms with Crippen LogP contribution in [-0.2, 0) is 6.42 Å². The van der Waals surface area contributed by atoms with E-state index >= 15 is 0 Å². The SMILES string of the molecule is NNc1ccc(Cl)cc1C(=O)NCCc1cccs1. The molecule has 0 aliphatic carbocycles. The van der Waals surface area contributed by atoms with Crippen molar-refractivity contribution < 1.29 is 4.79 Å². The lowest BCUT2D eigenvalue weighted by Crippen LogP contribution is -2.27. The molecule has 19 heavy (non-hydrogen) atoms. The number of hydrogen-bond acceptors (Lipinski definition) is 4. The molecule has 6 heteroatoms. The molecule has 0 unspecified atom stereocenters. The van der Waals surface area contributed by atoms with Crippen LogP contribution in [0.4, 0.5) is 5.69 Å². The number of carbonyl (C=O) groups excluding carboxylic acids is 1. The van der Waals surface area contributed by atoms with Gasteiger partial charge in [0.15, 0.2) is 0 Å². The molecule has 1 amide bonds. The van der Waals surface area contributed by atoms with E-state index in [0.717, 1.165) is 6.42 Å². The number of nitrogens with two attached hydrogens (primary N) is 1. The molecule has 0 saturated carbocycles. The van der Waals surface area contributed by atoms with Crippen LogP contribution in [0.1, 0.15) is 15.2 Å². The summed E-state index contributed by atoms with van der Waals surface area (Å²) in [6.45, 7) is 0.579. The highest BCUT2D eigenvalue weighted by Gasteiger charge is 2.11. The van der Waals surface area contributed by atoms with Gasteiger partial charge in [-0.1, -0.05) is 17.7 Å². The van der Waals surface area contributed by atoms with Crippen LogP contribution in [0.15, 0.2) is 35.7 Å². The highest BCUT2D eigenvalue weighted by molar-refractivity contribution is 7.09. The molecule has 4 N–H and O–H groups in total. The molecule has 2 rings (SSSR count). The Hall–Kier alpha value is -1.56. The second kappa shape index (κ2) is 6.56. The van der Waals surface area contributed by atoms with Crippen molar-refractivity contribution in [3.05, 3.63) is 51.2 Å². The van der Waals surface area contributed by atoms with Gasteiger partial charge >= 0.3 is 0 Å². The number of rotatable bonds is 5. The third-order valence-corrected chi connectivity index (χ3v) is 3.79. The summed E-state index contributed by atoms with van der Waals surface area (Å²) in [4.78, 5) is 13.3. The van der Waals surface area contributed by atoms with Gasteiger partial charge in [-0.3, -0.25) is 10.6 Å². The Bertz CT molecular complexity index is 557. The molecule has 1 heterocycles. The van der Waals surface area contributed by atoms with E-state index in [1.165, 1.54) is 4.88 Å². The van der Waals surface area contributed by atoms with Gasteiger partial charge in [0.1, 0.15) is 0 Å². The van der Waals surface area contributed by atoms with Crippen molar-refractivity contribution in [2.24, 2.45) is 5.84 Å². The summed E-state index contributed by atoms with van der Waals surface area (Å²) >= 11 is 7.56. The normalized spacial score (nSPS) is 10.2. The predicted octanol–water partition coefficient (Wildman–Crippen LogP) is 2.66. The van der Waals surface area contributed by atoms with E-state index in [0.29, 0.717) is 22.8 Å². The lowest BCUT2D eigenvalue weighted by molar-refractivity contribution is 0.0955. The summed E-state index contributed by atoms with van der Waals surface area (Å²) in [6.07, 6.45) is 0.815. The molecule has 0 radical (unpaired) electrons. The number of anilines is 1. The third kappa shape index (κ3) is 3.70. The average molecular weight is 296 g/mol. The Morgan fingerprint density at radius 3 is 2.89 bits per heavy atom. The Morgan fingerprint density at radius 2 is 2.21 bits per heavy atom. The number of thiophene rings is 1. The minimum Gasteiger partial charge on any atom is -0.352 e. The van der Waals surface area contributed by atoms with Gasteiger partial charge in [0.25, 0.3) is 5.91 Å². The van der Waals surface area contributed by atoms with Crippen LogP contribution < -0.4 is 16.6 Å². The van der Waals surface area contributed by atoms with Crippen molar-refractivity contribution in [2.75, 3.05) is 12.0 Å². The van der Waals surface area contributed by atoms with Crippen LogP contribution in [0.3, 0.4) is 0 Å². The predicted molar refractivity (Wildman–Crippen MR) is 79.6 cm³/mol. The molecule has 4 nitrogen and oxygen atoms in total. The Morgan fingerprint density at radius 1 is 1.37 bits per heavy atom. The molecule has 1 aromatic heterocycles. The van der Waals surface area contributed by atoms with Crippen molar-refractivity contribution in [2.45, 2.75) is 6.42 Å². The fourth-order valence-corrected chi connectivity index (χ4v) is 2.56. The Kier molecular flexibility index (Phi) is 4.79. The smallest absolute Gasteiger partial charge is 0.253 e. The number of halogens is 1. The van der Waals surface area contributed by atoms with Crippen molar-refractivity contribution in [3.63, 3.8) is 0 Å². The summed E-state index contributed by atoms with van der Waals surface area (Å²) in [7, 11) is 0. The number of hydrogen-bond donors (Lipinski definition) is 3. The van der Waals surface area contributed by atoms with Crippen LogP contribution in [0, 0.1) is 0 Å². The summed E-state index contributed by atoms with van der Waals surface area (Å²) in [5, 5.41) is 5.37. The monoisotopic (exact) mass is 295 g/mol. The van der Waals surface area contributed by atoms with Gasteiger partial charge in [0.05, 0.1) is 11.3 Å². The van der Waals surface area contributed by atoms with E-state index < -0.39 is 0 Å². The third-order valence-electron chi connectivity index (χ3n) is 2.62. The van der Waals surface area contributed by atoms with Gasteiger partial charge in [-0.2, -0.15) is 0 Å². The van der Waals surface area contributed by atoms with E-state index in [2.05, 4.69) is 10.7 Å². The van der Waals surface area contributed by atoms with Crippen LogP contribution in [0.2, 0.25) is 5.02 Å². The molecule has 0 spiro atoms. The summed E-state index contributed by atoms with van der Waals surface area (Å²) in [5.74, 6) is 5.18. The number of nitrogens with one attached hydrogen (secondary N) is 2. The first-order chi connectivity index (χ1) is 9.20. The first-order valence-electron chi connectivity index (χ1n) is 5.77. The highest BCUT2D eigenvalue weighted by atomic mass is 35.5. The topological polar surface area (TPSA) is 67.1 Å². The van der Waals surface area contributed by atoms with Gasteiger partial charge in [0.2, 0.25) is 0 Å². The van der Waals surface area contributed by atoms with Crippen LogP contribution in [-0.4, -0.2) is 12.5 Å². The number of benzene rings is 1. The maximum Gasteiger partial charge on any atom is 0.253 e. The standard InChI is InChI=1S/C13H14ClN3OS/c14-9-3-4-12(17-15)11(8-9)13(18)16-6-5-10-2-1-7-19-10/h1-4,7-8,17H,5-6,15H2,(H,16,18). The van der Waals surface area contributed by atoms with Crippen LogP contribution in [0.25, 0.3) is 0 Å². The number of nitrogen functional groups attached to an aromatic ring is 1. The zero-order valence-electron chi connectivity index (χ0n) is 10.2. The second-order valence-electron chi connectivity index (χ2n) is 3.92. The molecule has 0 bridgehead atoms. The lowest BCUT2D eigenvalue weighted by Gasteiger charge is -2.09. The molecule has 0 aliphatic heterocycles. The quantitative estimate of drug-likeness (QED) is 0.587. The summed E-state index contributed by atoms with van der Waals surface area (Å²) < 4.78 is 0. The fourth-order valence-electron chi connectivity index (χ4n) is 1.68. The first kappa shape index (κ1) is 13.9. The van der Waals surface area contributed by atoms with Crippen LogP contribution in [0.5, 0.6) is 0 Å². The maximum absolute atomic E-state index is 12.0. The minimum absolute atomic E-state index is 0.188. The van der Waals surface area contributed by atoms with Crippen molar-refractivity contribution in [1.29, 1.82) is 0 Å². The van der Waals surface area contributed by atoms with Crippen LogP contribution >= 0.6 is 22.9 Å². The number of amides is 1. The van der Waals surface area contributed by atoms with Gasteiger partial charge < -0.3 is 10.7 Å². The average Bonchev–Trinajstić information content (AvgIpc) is 2.91. The highest BCUT2D eigenvalue weighted by Crippen LogP contribution is 2.19. The van der Waals surface area contributed by atoms with Gasteiger partial charge in [-0.15, -0.1) is 11.3 Å². The molecule has 0 atom stereocenters. The van der Waals surface area contributed by atoms with Crippen molar-refractivity contribution >= 4 is 34.5 Å². The summed E-state index contributed by atoms with van der Waals surface area (Å²) in [6, 6.07) is 8.99. The van der Waals surface area contributed by atoms with Gasteiger partial charge in [-0.25, -0.2) is 0 Å². The van der Waals surface area contributed by atoms with E-state index in [4.69, 9.17) is 17.4 Å². The van der Waals surface area contributed by atoms with E-state index in [9.17, 15) is 4.79 Å². The molecular formula is C13H14ClN3OS. The first-order valence-corrected chi connectivity index (χ1v) is 7.03. The maximum atomic E-state index is 12.0. The molecular weight excluding hydrogens is 282 g/mol. The zero-order chi connectivity index (χ0) is 13.7. The molecule has 0 fully saturated rings. The second-order valence-corrected chi connectivity index (χ2v) is 5.39. The Labute approximate surface area is 120 Å². The molecule has 0 aliphatic rings. The summed E-state index contributed by atoms with van der Waals surface area (Å²) in [5.41, 5.74) is 3.49. The van der Waals surface area contributed by atoms with Gasteiger partial charge in [-0.05, 0) is 36.1 Å². The molecule has 1 aromatic carbocycles. The molecule has 100 valence electrons. The number of hydrazine groups is 1. The van der Waals surface area contributed by atoms with E-state index in [1.54, 1.807) is 29.5 Å².